The maximum Gasteiger partial charge on any atom is 0.220 e. The van der Waals surface area contributed by atoms with Gasteiger partial charge in [-0.2, -0.15) is 0 Å². The predicted octanol–water partition coefficient (Wildman–Crippen LogP) is 22.8. The summed E-state index contributed by atoms with van der Waals surface area (Å²) in [5.74, 6) is -0.0657. The summed E-state index contributed by atoms with van der Waals surface area (Å²) in [7, 11) is 0. The molecule has 2 unspecified atom stereocenters. The maximum absolute atomic E-state index is 12.5. The Bertz CT molecular complexity index is 1110. The van der Waals surface area contributed by atoms with Gasteiger partial charge in [-0.05, 0) is 57.8 Å². The Morgan fingerprint density at radius 1 is 0.315 bits per heavy atom. The van der Waals surface area contributed by atoms with Gasteiger partial charge >= 0.3 is 0 Å². The Labute approximate surface area is 459 Å². The van der Waals surface area contributed by atoms with E-state index in [1.54, 1.807) is 6.08 Å². The molecule has 0 aromatic rings. The lowest BCUT2D eigenvalue weighted by atomic mass is 10.0. The van der Waals surface area contributed by atoms with Gasteiger partial charge < -0.3 is 15.5 Å². The third kappa shape index (κ3) is 61.3. The Balaban J connectivity index is 3.42. The molecular weight excluding hydrogens is 891 g/mol. The van der Waals surface area contributed by atoms with Crippen molar-refractivity contribution in [2.45, 2.75) is 392 Å². The van der Waals surface area contributed by atoms with E-state index in [4.69, 9.17) is 0 Å². The van der Waals surface area contributed by atoms with E-state index in [1.165, 1.54) is 327 Å². The van der Waals surface area contributed by atoms with Crippen molar-refractivity contribution in [2.75, 3.05) is 6.61 Å². The van der Waals surface area contributed by atoms with Gasteiger partial charge in [-0.25, -0.2) is 0 Å². The van der Waals surface area contributed by atoms with E-state index in [1.807, 2.05) is 6.08 Å². The van der Waals surface area contributed by atoms with Crippen molar-refractivity contribution in [3.8, 4) is 0 Å². The molecule has 432 valence electrons. The molecule has 0 aliphatic carbocycles. The molecular formula is C69H133NO3. The van der Waals surface area contributed by atoms with Crippen LogP contribution in [0.25, 0.3) is 0 Å². The van der Waals surface area contributed by atoms with Crippen molar-refractivity contribution < 1.29 is 15.0 Å². The normalized spacial score (nSPS) is 12.9. The summed E-state index contributed by atoms with van der Waals surface area (Å²) >= 11 is 0. The SMILES string of the molecule is CCCCCCCCCC/C=C\CCCCCCCCCCCCCCCCCCCCCCCCCCCC(=O)NC(CO)C(O)/C=C/CC/C=C/CCCCCCCCCCCCCCCCCCCC. The lowest BCUT2D eigenvalue weighted by Crippen LogP contribution is -2.45. The van der Waals surface area contributed by atoms with Gasteiger partial charge in [0.15, 0.2) is 0 Å². The minimum absolute atomic E-state index is 0.0657. The van der Waals surface area contributed by atoms with Crippen LogP contribution in [0, 0.1) is 0 Å². The summed E-state index contributed by atoms with van der Waals surface area (Å²) in [6, 6.07) is -0.638. The maximum atomic E-state index is 12.5. The fourth-order valence-corrected chi connectivity index (χ4v) is 10.7. The Kier molecular flexibility index (Phi) is 63.7. The lowest BCUT2D eigenvalue weighted by Gasteiger charge is -2.19. The average molecular weight is 1020 g/mol. The van der Waals surface area contributed by atoms with Gasteiger partial charge in [0, 0.05) is 6.42 Å². The Morgan fingerprint density at radius 2 is 0.534 bits per heavy atom. The van der Waals surface area contributed by atoms with Gasteiger partial charge in [-0.15, -0.1) is 0 Å². The van der Waals surface area contributed by atoms with E-state index in [0.717, 1.165) is 32.1 Å². The van der Waals surface area contributed by atoms with Gasteiger partial charge in [0.1, 0.15) is 0 Å². The van der Waals surface area contributed by atoms with E-state index in [0.29, 0.717) is 6.42 Å². The zero-order chi connectivity index (χ0) is 52.7. The zero-order valence-electron chi connectivity index (χ0n) is 49.9. The highest BCUT2D eigenvalue weighted by molar-refractivity contribution is 5.76. The van der Waals surface area contributed by atoms with Crippen molar-refractivity contribution in [2.24, 2.45) is 0 Å². The summed E-state index contributed by atoms with van der Waals surface area (Å²) in [6.07, 6.45) is 89.4. The number of carbonyl (C=O) groups is 1. The highest BCUT2D eigenvalue weighted by Gasteiger charge is 2.18. The first-order valence-corrected chi connectivity index (χ1v) is 33.7. The molecule has 0 bridgehead atoms. The van der Waals surface area contributed by atoms with E-state index < -0.39 is 12.1 Å². The molecule has 0 saturated carbocycles. The molecule has 4 nitrogen and oxygen atoms in total. The minimum atomic E-state index is -0.862. The molecule has 0 aromatic heterocycles. The first-order chi connectivity index (χ1) is 36.2. The van der Waals surface area contributed by atoms with Gasteiger partial charge in [-0.3, -0.25) is 4.79 Å². The third-order valence-corrected chi connectivity index (χ3v) is 15.8. The Morgan fingerprint density at radius 3 is 0.795 bits per heavy atom. The number of nitrogens with one attached hydrogen (secondary N) is 1. The highest BCUT2D eigenvalue weighted by atomic mass is 16.3. The van der Waals surface area contributed by atoms with E-state index in [2.05, 4.69) is 43.5 Å². The van der Waals surface area contributed by atoms with Crippen LogP contribution in [0.15, 0.2) is 36.5 Å². The molecule has 0 saturated heterocycles. The number of rotatable bonds is 63. The van der Waals surface area contributed by atoms with Gasteiger partial charge in [0.05, 0.1) is 18.8 Å². The largest absolute Gasteiger partial charge is 0.394 e. The first kappa shape index (κ1) is 71.6. The number of hydrogen-bond acceptors (Lipinski definition) is 3. The van der Waals surface area contributed by atoms with Crippen LogP contribution in [0.1, 0.15) is 380 Å². The summed E-state index contributed by atoms with van der Waals surface area (Å²) in [4.78, 5) is 12.5. The molecule has 0 rings (SSSR count). The van der Waals surface area contributed by atoms with Crippen LogP contribution in [-0.2, 0) is 4.79 Å². The molecule has 0 aliphatic heterocycles. The van der Waals surface area contributed by atoms with Crippen molar-refractivity contribution in [1.82, 2.24) is 5.32 Å². The number of unbranched alkanes of at least 4 members (excludes halogenated alkanes) is 52. The molecule has 73 heavy (non-hydrogen) atoms. The van der Waals surface area contributed by atoms with E-state index in [-0.39, 0.29) is 12.5 Å². The van der Waals surface area contributed by atoms with E-state index >= 15 is 0 Å². The van der Waals surface area contributed by atoms with Gasteiger partial charge in [-0.1, -0.05) is 352 Å². The van der Waals surface area contributed by atoms with Crippen LogP contribution < -0.4 is 5.32 Å². The second-order valence-electron chi connectivity index (χ2n) is 23.2. The fraction of sp³-hybridized carbons (Fsp3) is 0.899. The zero-order valence-corrected chi connectivity index (χ0v) is 49.9. The lowest BCUT2D eigenvalue weighted by molar-refractivity contribution is -0.123. The Hall–Kier alpha value is -1.39. The monoisotopic (exact) mass is 1020 g/mol. The number of carbonyl (C=O) groups excluding carboxylic acids is 1. The molecule has 4 heteroatoms. The third-order valence-electron chi connectivity index (χ3n) is 15.8. The summed E-state index contributed by atoms with van der Waals surface area (Å²) in [5.41, 5.74) is 0. The summed E-state index contributed by atoms with van der Waals surface area (Å²) in [5, 5.41) is 23.2. The van der Waals surface area contributed by atoms with Crippen LogP contribution >= 0.6 is 0 Å². The van der Waals surface area contributed by atoms with Crippen LogP contribution in [0.5, 0.6) is 0 Å². The molecule has 0 heterocycles. The second-order valence-corrected chi connectivity index (χ2v) is 23.2. The van der Waals surface area contributed by atoms with Crippen molar-refractivity contribution in [1.29, 1.82) is 0 Å². The highest BCUT2D eigenvalue weighted by Crippen LogP contribution is 2.19. The van der Waals surface area contributed by atoms with Crippen LogP contribution in [0.3, 0.4) is 0 Å². The number of aliphatic hydroxyl groups excluding tert-OH is 2. The molecule has 0 spiro atoms. The van der Waals surface area contributed by atoms with Crippen molar-refractivity contribution in [3.63, 3.8) is 0 Å². The molecule has 2 atom stereocenters. The van der Waals surface area contributed by atoms with Crippen molar-refractivity contribution >= 4 is 5.91 Å². The second kappa shape index (κ2) is 64.9. The minimum Gasteiger partial charge on any atom is -0.394 e. The van der Waals surface area contributed by atoms with Crippen LogP contribution in [-0.4, -0.2) is 34.9 Å². The van der Waals surface area contributed by atoms with Gasteiger partial charge in [0.25, 0.3) is 0 Å². The predicted molar refractivity (Wildman–Crippen MR) is 327 cm³/mol. The summed E-state index contributed by atoms with van der Waals surface area (Å²) in [6.45, 7) is 4.34. The molecule has 0 fully saturated rings. The standard InChI is InChI=1S/C69H133NO3/c1-3-5-7-9-11-13-15-17-19-21-23-25-27-29-30-31-32-33-34-35-36-37-38-39-40-41-43-45-47-49-51-53-55-57-59-61-63-65-69(73)70-67(66-71)68(72)64-62-60-58-56-54-52-50-48-46-44-42-28-26-24-22-20-18-16-14-12-10-8-6-4-2/h21,23,54,56,62,64,67-68,71-72H,3-20,22,24-53,55,57-61,63,65-66H2,1-2H3,(H,70,73)/b23-21-,56-54+,64-62+. The molecule has 3 N–H and O–H groups in total. The van der Waals surface area contributed by atoms with Crippen molar-refractivity contribution in [3.05, 3.63) is 36.5 Å². The fourth-order valence-electron chi connectivity index (χ4n) is 10.7. The number of hydrogen-bond donors (Lipinski definition) is 3. The topological polar surface area (TPSA) is 69.6 Å². The quantitative estimate of drug-likeness (QED) is 0.0420. The number of allylic oxidation sites excluding steroid dienone is 5. The molecule has 0 radical (unpaired) electrons. The molecule has 0 aromatic carbocycles. The first-order valence-electron chi connectivity index (χ1n) is 33.7. The van der Waals surface area contributed by atoms with E-state index in [9.17, 15) is 15.0 Å². The molecule has 1 amide bonds. The van der Waals surface area contributed by atoms with Crippen LogP contribution in [0.4, 0.5) is 0 Å². The molecule has 0 aliphatic rings. The summed E-state index contributed by atoms with van der Waals surface area (Å²) < 4.78 is 0. The number of aliphatic hydroxyl groups is 2. The van der Waals surface area contributed by atoms with Gasteiger partial charge in [0.2, 0.25) is 5.91 Å². The number of amides is 1. The average Bonchev–Trinajstić information content (AvgIpc) is 3.40. The van der Waals surface area contributed by atoms with Crippen LogP contribution in [0.2, 0.25) is 0 Å². The smallest absolute Gasteiger partial charge is 0.220 e.